The maximum absolute atomic E-state index is 13.8. The number of benzene rings is 2. The fraction of sp³-hybridized carbons (Fsp3) is 0.435. The maximum Gasteiger partial charge on any atom is 0.416 e. The summed E-state index contributed by atoms with van der Waals surface area (Å²) >= 11 is 0. The van der Waals surface area contributed by atoms with Crippen molar-refractivity contribution in [2.75, 3.05) is 4.90 Å². The third-order valence-corrected chi connectivity index (χ3v) is 6.04. The molecule has 6 heteroatoms. The van der Waals surface area contributed by atoms with E-state index in [0.29, 0.717) is 23.8 Å². The molecule has 0 aromatic heterocycles. The number of nitrogens with one attached hydrogen (secondary N) is 1. The summed E-state index contributed by atoms with van der Waals surface area (Å²) in [5.41, 5.74) is 0.896. The molecular formula is C23H25F3N2O. The number of anilines is 1. The molecule has 1 amide bonds. The number of alkyl halides is 3. The summed E-state index contributed by atoms with van der Waals surface area (Å²) in [6.07, 6.45) is -1.37. The second-order valence-corrected chi connectivity index (χ2v) is 8.88. The minimum atomic E-state index is -4.50. The van der Waals surface area contributed by atoms with E-state index in [-0.39, 0.29) is 29.0 Å². The lowest BCUT2D eigenvalue weighted by Gasteiger charge is -2.19. The number of halogens is 3. The first-order chi connectivity index (χ1) is 13.6. The summed E-state index contributed by atoms with van der Waals surface area (Å²) in [5.74, 6) is -0.374. The van der Waals surface area contributed by atoms with Gasteiger partial charge in [0, 0.05) is 23.8 Å². The molecule has 2 aromatic rings. The SMILES string of the molecule is CC1(C)CCC(NCc2cc3c(c(C(F)(F)F)c2)CN(c2ccccc2)C3=O)C1. The fourth-order valence-corrected chi connectivity index (χ4v) is 4.51. The van der Waals surface area contributed by atoms with E-state index in [2.05, 4.69) is 19.2 Å². The molecule has 1 fully saturated rings. The van der Waals surface area contributed by atoms with E-state index in [1.807, 2.05) is 6.07 Å². The minimum Gasteiger partial charge on any atom is -0.310 e. The van der Waals surface area contributed by atoms with E-state index in [4.69, 9.17) is 0 Å². The Bertz CT molecular complexity index is 922. The third kappa shape index (κ3) is 4.04. The van der Waals surface area contributed by atoms with Crippen molar-refractivity contribution in [1.82, 2.24) is 5.32 Å². The van der Waals surface area contributed by atoms with Crippen LogP contribution < -0.4 is 10.2 Å². The first kappa shape index (κ1) is 20.0. The van der Waals surface area contributed by atoms with E-state index in [1.54, 1.807) is 30.3 Å². The van der Waals surface area contributed by atoms with Gasteiger partial charge in [0.15, 0.2) is 0 Å². The number of hydrogen-bond donors (Lipinski definition) is 1. The summed E-state index contributed by atoms with van der Waals surface area (Å²) in [6.45, 7) is 4.69. The summed E-state index contributed by atoms with van der Waals surface area (Å²) < 4.78 is 41.3. The van der Waals surface area contributed by atoms with Gasteiger partial charge in [-0.05, 0) is 60.1 Å². The molecule has 1 heterocycles. The molecule has 2 aliphatic rings. The average Bonchev–Trinajstić information content (AvgIpc) is 3.18. The van der Waals surface area contributed by atoms with Crippen LogP contribution in [0.1, 0.15) is 60.2 Å². The van der Waals surface area contributed by atoms with Gasteiger partial charge in [0.05, 0.1) is 12.1 Å². The molecule has 0 spiro atoms. The van der Waals surface area contributed by atoms with Crippen LogP contribution in [-0.4, -0.2) is 11.9 Å². The van der Waals surface area contributed by atoms with Crippen molar-refractivity contribution < 1.29 is 18.0 Å². The van der Waals surface area contributed by atoms with Crippen molar-refractivity contribution in [2.45, 2.75) is 58.4 Å². The van der Waals surface area contributed by atoms with E-state index in [9.17, 15) is 18.0 Å². The van der Waals surface area contributed by atoms with Crippen LogP contribution in [0, 0.1) is 5.41 Å². The first-order valence-electron chi connectivity index (χ1n) is 9.97. The summed E-state index contributed by atoms with van der Waals surface area (Å²) in [4.78, 5) is 14.3. The number of fused-ring (bicyclic) bond motifs is 1. The van der Waals surface area contributed by atoms with Gasteiger partial charge in [0.1, 0.15) is 0 Å². The van der Waals surface area contributed by atoms with Crippen LogP contribution in [-0.2, 0) is 19.3 Å². The van der Waals surface area contributed by atoms with Gasteiger partial charge < -0.3 is 10.2 Å². The molecule has 0 bridgehead atoms. The van der Waals surface area contributed by atoms with Gasteiger partial charge in [-0.3, -0.25) is 4.79 Å². The second kappa shape index (κ2) is 7.17. The molecule has 3 nitrogen and oxygen atoms in total. The van der Waals surface area contributed by atoms with Crippen LogP contribution >= 0.6 is 0 Å². The number of nitrogens with zero attached hydrogens (tertiary/aromatic N) is 1. The Hall–Kier alpha value is -2.34. The number of hydrogen-bond acceptors (Lipinski definition) is 2. The standard InChI is InChI=1S/C23H25F3N2O/c1-22(2)9-8-16(12-22)27-13-15-10-18-19(20(11-15)23(24,25)26)14-28(21(18)29)17-6-4-3-5-7-17/h3-7,10-11,16,27H,8-9,12-14H2,1-2H3. The number of amides is 1. The first-order valence-corrected chi connectivity index (χ1v) is 9.97. The van der Waals surface area contributed by atoms with Gasteiger partial charge in [-0.2, -0.15) is 13.2 Å². The molecule has 154 valence electrons. The normalized spacial score (nSPS) is 20.9. The topological polar surface area (TPSA) is 32.3 Å². The summed E-state index contributed by atoms with van der Waals surface area (Å²) in [6, 6.07) is 12.0. The Morgan fingerprint density at radius 1 is 1.17 bits per heavy atom. The lowest BCUT2D eigenvalue weighted by Crippen LogP contribution is -2.27. The largest absolute Gasteiger partial charge is 0.416 e. The van der Waals surface area contributed by atoms with Gasteiger partial charge in [0.25, 0.3) is 5.91 Å². The number of carbonyl (C=O) groups excluding carboxylic acids is 1. The molecule has 1 atom stereocenters. The van der Waals surface area contributed by atoms with Gasteiger partial charge in [-0.25, -0.2) is 0 Å². The zero-order valence-corrected chi connectivity index (χ0v) is 16.6. The predicted molar refractivity (Wildman–Crippen MR) is 107 cm³/mol. The van der Waals surface area contributed by atoms with Crippen LogP contribution in [0.3, 0.4) is 0 Å². The second-order valence-electron chi connectivity index (χ2n) is 8.88. The highest BCUT2D eigenvalue weighted by molar-refractivity contribution is 6.10. The summed E-state index contributed by atoms with van der Waals surface area (Å²) in [7, 11) is 0. The highest BCUT2D eigenvalue weighted by Crippen LogP contribution is 2.40. The molecule has 1 N–H and O–H groups in total. The lowest BCUT2D eigenvalue weighted by atomic mass is 9.92. The number of carbonyl (C=O) groups is 1. The Kier molecular flexibility index (Phi) is 4.93. The molecule has 1 saturated carbocycles. The van der Waals surface area contributed by atoms with E-state index >= 15 is 0 Å². The predicted octanol–water partition coefficient (Wildman–Crippen LogP) is 5.53. The van der Waals surface area contributed by atoms with Crippen LogP contribution in [0.5, 0.6) is 0 Å². The Balaban J connectivity index is 1.62. The molecule has 1 aliphatic heterocycles. The lowest BCUT2D eigenvalue weighted by molar-refractivity contribution is -0.138. The smallest absolute Gasteiger partial charge is 0.310 e. The third-order valence-electron chi connectivity index (χ3n) is 6.04. The quantitative estimate of drug-likeness (QED) is 0.729. The molecular weight excluding hydrogens is 377 g/mol. The van der Waals surface area contributed by atoms with Gasteiger partial charge >= 0.3 is 6.18 Å². The maximum atomic E-state index is 13.8. The van der Waals surface area contributed by atoms with Crippen LogP contribution in [0.25, 0.3) is 0 Å². The number of para-hydroxylation sites is 1. The van der Waals surface area contributed by atoms with Crippen molar-refractivity contribution in [1.29, 1.82) is 0 Å². The van der Waals surface area contributed by atoms with E-state index < -0.39 is 11.7 Å². The van der Waals surface area contributed by atoms with Gasteiger partial charge in [-0.1, -0.05) is 32.0 Å². The van der Waals surface area contributed by atoms with E-state index in [0.717, 1.165) is 19.3 Å². The van der Waals surface area contributed by atoms with Crippen molar-refractivity contribution in [2.24, 2.45) is 5.41 Å². The van der Waals surface area contributed by atoms with Gasteiger partial charge in [0.2, 0.25) is 0 Å². The Labute approximate surface area is 168 Å². The Morgan fingerprint density at radius 3 is 2.52 bits per heavy atom. The minimum absolute atomic E-state index is 0.0580. The highest BCUT2D eigenvalue weighted by atomic mass is 19.4. The highest BCUT2D eigenvalue weighted by Gasteiger charge is 2.40. The molecule has 0 saturated heterocycles. The monoisotopic (exact) mass is 402 g/mol. The zero-order valence-electron chi connectivity index (χ0n) is 16.6. The van der Waals surface area contributed by atoms with Crippen molar-refractivity contribution in [3.8, 4) is 0 Å². The van der Waals surface area contributed by atoms with Crippen molar-refractivity contribution in [3.05, 3.63) is 64.7 Å². The van der Waals surface area contributed by atoms with Crippen molar-refractivity contribution in [3.63, 3.8) is 0 Å². The molecule has 4 rings (SSSR count). The molecule has 29 heavy (non-hydrogen) atoms. The Morgan fingerprint density at radius 2 is 1.90 bits per heavy atom. The van der Waals surface area contributed by atoms with Crippen LogP contribution in [0.4, 0.5) is 18.9 Å². The van der Waals surface area contributed by atoms with Gasteiger partial charge in [-0.15, -0.1) is 0 Å². The molecule has 0 radical (unpaired) electrons. The zero-order chi connectivity index (χ0) is 20.8. The molecule has 1 unspecified atom stereocenters. The molecule has 2 aromatic carbocycles. The van der Waals surface area contributed by atoms with Crippen LogP contribution in [0.2, 0.25) is 0 Å². The van der Waals surface area contributed by atoms with Crippen molar-refractivity contribution >= 4 is 11.6 Å². The molecule has 1 aliphatic carbocycles. The fourth-order valence-electron chi connectivity index (χ4n) is 4.51. The average molecular weight is 402 g/mol. The summed E-state index contributed by atoms with van der Waals surface area (Å²) in [5, 5.41) is 3.39. The van der Waals surface area contributed by atoms with Crippen LogP contribution in [0.15, 0.2) is 42.5 Å². The van der Waals surface area contributed by atoms with E-state index in [1.165, 1.54) is 11.0 Å². The number of rotatable bonds is 4.